The van der Waals surface area contributed by atoms with Crippen LogP contribution in [0, 0.1) is 0 Å². The Morgan fingerprint density at radius 1 is 0.826 bits per heavy atom. The van der Waals surface area contributed by atoms with E-state index in [9.17, 15) is 10.2 Å². The van der Waals surface area contributed by atoms with Crippen molar-refractivity contribution in [3.63, 3.8) is 0 Å². The number of rotatable bonds is 8. The van der Waals surface area contributed by atoms with E-state index in [0.29, 0.717) is 11.4 Å². The van der Waals surface area contributed by atoms with Crippen LogP contribution in [0.25, 0.3) is 0 Å². The number of nitrogen functional groups attached to an aromatic ring is 2. The number of aliphatic hydroxyl groups is 2. The van der Waals surface area contributed by atoms with Crippen molar-refractivity contribution >= 4 is 35.5 Å². The molecule has 0 heterocycles. The molecule has 23 heavy (non-hydrogen) atoms. The molecule has 0 amide bonds. The molecule has 0 saturated carbocycles. The summed E-state index contributed by atoms with van der Waals surface area (Å²) < 4.78 is 5.56. The van der Waals surface area contributed by atoms with Crippen molar-refractivity contribution in [3.05, 3.63) is 59.7 Å². The number of hydrogen-bond donors (Lipinski definition) is 4. The molecule has 2 rings (SSSR count). The van der Waals surface area contributed by atoms with Gasteiger partial charge in [0.25, 0.3) is 0 Å². The van der Waals surface area contributed by atoms with Gasteiger partial charge in [0.15, 0.2) is 0 Å². The lowest BCUT2D eigenvalue weighted by Crippen LogP contribution is -2.03. The van der Waals surface area contributed by atoms with Gasteiger partial charge in [-0.2, -0.15) is 0 Å². The van der Waals surface area contributed by atoms with Gasteiger partial charge in [0, 0.05) is 35.5 Å². The van der Waals surface area contributed by atoms with E-state index >= 15 is 0 Å². The van der Waals surface area contributed by atoms with Crippen molar-refractivity contribution in [1.29, 1.82) is 0 Å². The van der Waals surface area contributed by atoms with E-state index in [2.05, 4.69) is 0 Å². The van der Waals surface area contributed by atoms with Crippen LogP contribution in [-0.2, 0) is 3.63 Å². The first-order valence-electron chi connectivity index (χ1n) is 7.05. The molecular weight excluding hydrogens is 332 g/mol. The maximum absolute atomic E-state index is 9.53. The SMILES string of the molecule is Nc1cccc(C(CO)SOSC(CO)c2cccc(N)c2)c1. The topological polar surface area (TPSA) is 102 Å². The standard InChI is InChI=1S/C16H20N2O3S2/c17-13-5-1-3-11(7-13)15(9-19)22-21-23-16(10-20)12-4-2-6-14(18)8-12/h1-8,15-16,19-20H,9-10,17-18H2. The van der Waals surface area contributed by atoms with Crippen molar-refractivity contribution < 1.29 is 13.8 Å². The molecule has 0 spiro atoms. The van der Waals surface area contributed by atoms with Crippen LogP contribution in [0.2, 0.25) is 0 Å². The Bertz CT molecular complexity index is 574. The van der Waals surface area contributed by atoms with Gasteiger partial charge in [-0.05, 0) is 35.4 Å². The molecule has 6 N–H and O–H groups in total. The van der Waals surface area contributed by atoms with E-state index in [-0.39, 0.29) is 23.7 Å². The van der Waals surface area contributed by atoms with Gasteiger partial charge in [-0.25, -0.2) is 3.63 Å². The molecule has 0 aromatic heterocycles. The largest absolute Gasteiger partial charge is 0.399 e. The quantitative estimate of drug-likeness (QED) is 0.428. The molecule has 124 valence electrons. The summed E-state index contributed by atoms with van der Waals surface area (Å²) in [5.41, 5.74) is 14.6. The molecule has 2 atom stereocenters. The van der Waals surface area contributed by atoms with Crippen molar-refractivity contribution in [2.45, 2.75) is 10.5 Å². The number of nitrogens with two attached hydrogens (primary N) is 2. The van der Waals surface area contributed by atoms with Gasteiger partial charge in [0.05, 0.1) is 23.7 Å². The zero-order valence-electron chi connectivity index (χ0n) is 12.5. The molecule has 2 aromatic rings. The second-order valence-corrected chi connectivity index (χ2v) is 7.01. The predicted molar refractivity (Wildman–Crippen MR) is 97.6 cm³/mol. The van der Waals surface area contributed by atoms with Gasteiger partial charge >= 0.3 is 0 Å². The van der Waals surface area contributed by atoms with E-state index < -0.39 is 0 Å². The fourth-order valence-corrected chi connectivity index (χ4v) is 3.60. The van der Waals surface area contributed by atoms with Crippen LogP contribution in [0.3, 0.4) is 0 Å². The smallest absolute Gasteiger partial charge is 0.0804 e. The van der Waals surface area contributed by atoms with Crippen LogP contribution < -0.4 is 11.5 Å². The minimum absolute atomic E-state index is 0.0727. The minimum Gasteiger partial charge on any atom is -0.399 e. The van der Waals surface area contributed by atoms with Crippen LogP contribution in [-0.4, -0.2) is 23.4 Å². The number of aliphatic hydroxyl groups excluding tert-OH is 2. The average molecular weight is 352 g/mol. The van der Waals surface area contributed by atoms with Crippen molar-refractivity contribution in [2.24, 2.45) is 0 Å². The Balaban J connectivity index is 1.93. The lowest BCUT2D eigenvalue weighted by molar-refractivity contribution is 0.292. The first-order valence-corrected chi connectivity index (χ1v) is 8.66. The second-order valence-electron chi connectivity index (χ2n) is 4.94. The maximum Gasteiger partial charge on any atom is 0.0804 e. The maximum atomic E-state index is 9.53. The molecule has 0 radical (unpaired) electrons. The highest BCUT2D eigenvalue weighted by Gasteiger charge is 2.17. The molecule has 7 heteroatoms. The summed E-state index contributed by atoms with van der Waals surface area (Å²) in [6.45, 7) is -0.145. The van der Waals surface area contributed by atoms with Gasteiger partial charge < -0.3 is 21.7 Å². The van der Waals surface area contributed by atoms with E-state index in [1.807, 2.05) is 36.4 Å². The zero-order valence-corrected chi connectivity index (χ0v) is 14.1. The summed E-state index contributed by atoms with van der Waals surface area (Å²) in [5.74, 6) is 0. The van der Waals surface area contributed by atoms with Gasteiger partial charge in [-0.3, -0.25) is 0 Å². The number of hydrogen-bond acceptors (Lipinski definition) is 7. The Kier molecular flexibility index (Phi) is 7.07. The summed E-state index contributed by atoms with van der Waals surface area (Å²) >= 11 is 2.28. The lowest BCUT2D eigenvalue weighted by atomic mass is 10.1. The Morgan fingerprint density at radius 2 is 1.26 bits per heavy atom. The van der Waals surface area contributed by atoms with Crippen molar-refractivity contribution in [2.75, 3.05) is 24.7 Å². The molecule has 5 nitrogen and oxygen atoms in total. The van der Waals surface area contributed by atoms with Crippen LogP contribution in [0.5, 0.6) is 0 Å². The predicted octanol–water partition coefficient (Wildman–Crippen LogP) is 2.93. The molecule has 0 bridgehead atoms. The third-order valence-corrected chi connectivity index (χ3v) is 5.14. The van der Waals surface area contributed by atoms with Gasteiger partial charge in [-0.15, -0.1) is 0 Å². The second kappa shape index (κ2) is 9.05. The first-order chi connectivity index (χ1) is 11.1. The molecular formula is C16H20N2O3S2. The summed E-state index contributed by atoms with van der Waals surface area (Å²) in [7, 11) is 0. The van der Waals surface area contributed by atoms with E-state index in [1.54, 1.807) is 12.1 Å². The number of benzene rings is 2. The molecule has 0 aliphatic carbocycles. The summed E-state index contributed by atoms with van der Waals surface area (Å²) in [6, 6.07) is 14.7. The van der Waals surface area contributed by atoms with Crippen LogP contribution in [0.15, 0.2) is 48.5 Å². The van der Waals surface area contributed by atoms with E-state index in [0.717, 1.165) is 35.2 Å². The normalized spacial score (nSPS) is 13.7. The monoisotopic (exact) mass is 352 g/mol. The zero-order chi connectivity index (χ0) is 16.7. The Hall–Kier alpha value is -1.38. The average Bonchev–Trinajstić information content (AvgIpc) is 2.55. The van der Waals surface area contributed by atoms with Crippen LogP contribution >= 0.6 is 24.1 Å². The summed E-state index contributed by atoms with van der Waals surface area (Å²) in [5, 5.41) is 18.6. The summed E-state index contributed by atoms with van der Waals surface area (Å²) in [4.78, 5) is 0. The molecule has 2 aromatic carbocycles. The van der Waals surface area contributed by atoms with E-state index in [1.165, 1.54) is 0 Å². The van der Waals surface area contributed by atoms with Crippen LogP contribution in [0.1, 0.15) is 21.6 Å². The Morgan fingerprint density at radius 3 is 1.61 bits per heavy atom. The molecule has 0 fully saturated rings. The molecule has 0 aliphatic heterocycles. The van der Waals surface area contributed by atoms with Crippen molar-refractivity contribution in [1.82, 2.24) is 0 Å². The fraction of sp³-hybridized carbons (Fsp3) is 0.250. The molecule has 0 aliphatic rings. The van der Waals surface area contributed by atoms with Crippen molar-refractivity contribution in [3.8, 4) is 0 Å². The first kappa shape index (κ1) is 18.0. The van der Waals surface area contributed by atoms with Gasteiger partial charge in [0.2, 0.25) is 0 Å². The summed E-state index contributed by atoms with van der Waals surface area (Å²) in [6.07, 6.45) is 0. The minimum atomic E-state index is -0.244. The van der Waals surface area contributed by atoms with Gasteiger partial charge in [0.1, 0.15) is 0 Å². The molecule has 0 saturated heterocycles. The third kappa shape index (κ3) is 5.33. The Labute approximate surface area is 144 Å². The highest BCUT2D eigenvalue weighted by atomic mass is 32.2. The number of anilines is 2. The van der Waals surface area contributed by atoms with Gasteiger partial charge in [-0.1, -0.05) is 24.3 Å². The third-order valence-electron chi connectivity index (χ3n) is 3.21. The lowest BCUT2D eigenvalue weighted by Gasteiger charge is -2.17. The van der Waals surface area contributed by atoms with Crippen LogP contribution in [0.4, 0.5) is 11.4 Å². The molecule has 2 unspecified atom stereocenters. The highest BCUT2D eigenvalue weighted by molar-refractivity contribution is 8.08. The van der Waals surface area contributed by atoms with E-state index in [4.69, 9.17) is 15.1 Å². The fourth-order valence-electron chi connectivity index (χ4n) is 2.02. The highest BCUT2D eigenvalue weighted by Crippen LogP contribution is 2.38.